The fourth-order valence-electron chi connectivity index (χ4n) is 3.75. The van der Waals surface area contributed by atoms with Gasteiger partial charge in [-0.25, -0.2) is 0 Å². The molecule has 170 valence electrons. The molecular formula is C24H34ClIN4O. The molecule has 1 unspecified atom stereocenters. The van der Waals surface area contributed by atoms with E-state index in [0.717, 1.165) is 50.5 Å². The van der Waals surface area contributed by atoms with Crippen molar-refractivity contribution >= 4 is 41.5 Å². The van der Waals surface area contributed by atoms with Crippen molar-refractivity contribution in [2.75, 3.05) is 26.2 Å². The lowest BCUT2D eigenvalue weighted by atomic mass is 10.0. The van der Waals surface area contributed by atoms with Crippen molar-refractivity contribution in [2.24, 2.45) is 4.99 Å². The Kier molecular flexibility index (Phi) is 11.1. The van der Waals surface area contributed by atoms with Crippen LogP contribution in [0.25, 0.3) is 0 Å². The van der Waals surface area contributed by atoms with E-state index < -0.39 is 6.10 Å². The van der Waals surface area contributed by atoms with Crippen LogP contribution in [0, 0.1) is 6.92 Å². The monoisotopic (exact) mass is 556 g/mol. The molecule has 1 heterocycles. The van der Waals surface area contributed by atoms with Crippen molar-refractivity contribution in [1.82, 2.24) is 15.5 Å². The summed E-state index contributed by atoms with van der Waals surface area (Å²) in [7, 11) is 0. The van der Waals surface area contributed by atoms with Gasteiger partial charge in [0.15, 0.2) is 5.96 Å². The van der Waals surface area contributed by atoms with Gasteiger partial charge in [0.1, 0.15) is 0 Å². The molecule has 3 N–H and O–H groups in total. The Balaban J connectivity index is 0.00000341. The number of aliphatic imine (C=N–C) groups is 1. The number of nitrogens with zero attached hydrogens (tertiary/aromatic N) is 2. The molecule has 5 nitrogen and oxygen atoms in total. The summed E-state index contributed by atoms with van der Waals surface area (Å²) in [6.07, 6.45) is 1.51. The minimum Gasteiger partial charge on any atom is -0.386 e. The number of aliphatic hydroxyl groups excluding tert-OH is 1. The predicted octanol–water partition coefficient (Wildman–Crippen LogP) is 4.52. The number of rotatable bonds is 7. The van der Waals surface area contributed by atoms with Crippen LogP contribution in [-0.4, -0.2) is 48.2 Å². The standard InChI is InChI=1S/C24H33ClN4O.HI/c1-3-26-24(27-16-23(30)19-8-10-21(25)11-9-19)28-22-12-14-29(15-13-22)17-20-7-5-4-6-18(20)2;/h4-11,22-23,30H,3,12-17H2,1-2H3,(H2,26,27,28);1H. The number of halogens is 2. The van der Waals surface area contributed by atoms with Crippen LogP contribution >= 0.6 is 35.6 Å². The molecule has 0 bridgehead atoms. The van der Waals surface area contributed by atoms with Gasteiger partial charge in [-0.1, -0.05) is 48.0 Å². The minimum absolute atomic E-state index is 0. The van der Waals surface area contributed by atoms with Crippen LogP contribution in [0.15, 0.2) is 53.5 Å². The Morgan fingerprint density at radius 2 is 1.84 bits per heavy atom. The minimum atomic E-state index is -0.645. The highest BCUT2D eigenvalue weighted by molar-refractivity contribution is 14.0. The Labute approximate surface area is 208 Å². The molecule has 1 atom stereocenters. The van der Waals surface area contributed by atoms with Crippen LogP contribution in [0.1, 0.15) is 42.6 Å². The van der Waals surface area contributed by atoms with E-state index in [1.54, 1.807) is 12.1 Å². The van der Waals surface area contributed by atoms with E-state index in [1.807, 2.05) is 12.1 Å². The lowest BCUT2D eigenvalue weighted by Gasteiger charge is -2.33. The summed E-state index contributed by atoms with van der Waals surface area (Å²) in [6, 6.07) is 16.3. The van der Waals surface area contributed by atoms with E-state index in [1.165, 1.54) is 11.1 Å². The third-order valence-corrected chi connectivity index (χ3v) is 5.86. The normalized spacial score (nSPS) is 16.5. The third-order valence-electron chi connectivity index (χ3n) is 5.60. The van der Waals surface area contributed by atoms with E-state index in [0.29, 0.717) is 17.6 Å². The fourth-order valence-corrected chi connectivity index (χ4v) is 3.87. The zero-order valence-corrected chi connectivity index (χ0v) is 21.4. The van der Waals surface area contributed by atoms with Crippen LogP contribution in [0.4, 0.5) is 0 Å². The summed E-state index contributed by atoms with van der Waals surface area (Å²) < 4.78 is 0. The molecule has 0 aromatic heterocycles. The maximum absolute atomic E-state index is 10.4. The SMILES string of the molecule is CCNC(=NCC(O)c1ccc(Cl)cc1)NC1CCN(Cc2ccccc2C)CC1.I. The lowest BCUT2D eigenvalue weighted by molar-refractivity contribution is 0.186. The molecule has 7 heteroatoms. The maximum atomic E-state index is 10.4. The van der Waals surface area contributed by atoms with Crippen LogP contribution in [0.2, 0.25) is 5.02 Å². The van der Waals surface area contributed by atoms with Gasteiger partial charge in [-0.3, -0.25) is 9.89 Å². The van der Waals surface area contributed by atoms with E-state index in [2.05, 4.69) is 58.6 Å². The summed E-state index contributed by atoms with van der Waals surface area (Å²) in [5.41, 5.74) is 3.59. The van der Waals surface area contributed by atoms with Gasteiger partial charge < -0.3 is 15.7 Å². The number of likely N-dealkylation sites (tertiary alicyclic amines) is 1. The number of aryl methyl sites for hydroxylation is 1. The van der Waals surface area contributed by atoms with Crippen LogP contribution in [-0.2, 0) is 6.54 Å². The first kappa shape index (κ1) is 25.9. The molecule has 31 heavy (non-hydrogen) atoms. The molecule has 1 aliphatic rings. The van der Waals surface area contributed by atoms with Gasteiger partial charge in [0.25, 0.3) is 0 Å². The van der Waals surface area contributed by atoms with E-state index in [-0.39, 0.29) is 24.0 Å². The number of benzene rings is 2. The Bertz CT molecular complexity index is 823. The first-order valence-corrected chi connectivity index (χ1v) is 11.2. The third kappa shape index (κ3) is 8.25. The molecule has 0 amide bonds. The summed E-state index contributed by atoms with van der Waals surface area (Å²) in [5.74, 6) is 0.767. The molecule has 0 aliphatic carbocycles. The van der Waals surface area contributed by atoms with Crippen molar-refractivity contribution in [1.29, 1.82) is 0 Å². The molecule has 2 aromatic carbocycles. The molecular weight excluding hydrogens is 523 g/mol. The predicted molar refractivity (Wildman–Crippen MR) is 140 cm³/mol. The summed E-state index contributed by atoms with van der Waals surface area (Å²) in [4.78, 5) is 7.13. The second-order valence-electron chi connectivity index (χ2n) is 7.91. The lowest BCUT2D eigenvalue weighted by Crippen LogP contribution is -2.48. The second kappa shape index (κ2) is 13.3. The molecule has 0 saturated carbocycles. The molecule has 2 aromatic rings. The maximum Gasteiger partial charge on any atom is 0.191 e. The van der Waals surface area contributed by atoms with Crippen molar-refractivity contribution in [3.05, 3.63) is 70.2 Å². The quantitative estimate of drug-likeness (QED) is 0.267. The topological polar surface area (TPSA) is 59.9 Å². The largest absolute Gasteiger partial charge is 0.386 e. The zero-order valence-electron chi connectivity index (χ0n) is 18.4. The van der Waals surface area contributed by atoms with Crippen molar-refractivity contribution in [2.45, 2.75) is 45.4 Å². The highest BCUT2D eigenvalue weighted by atomic mass is 127. The van der Waals surface area contributed by atoms with Crippen LogP contribution < -0.4 is 10.6 Å². The number of piperidine rings is 1. The van der Waals surface area contributed by atoms with Crippen LogP contribution in [0.3, 0.4) is 0 Å². The van der Waals surface area contributed by atoms with E-state index in [9.17, 15) is 5.11 Å². The van der Waals surface area contributed by atoms with Gasteiger partial charge in [-0.05, 0) is 55.5 Å². The Hall–Kier alpha value is -1.35. The molecule has 3 rings (SSSR count). The second-order valence-corrected chi connectivity index (χ2v) is 8.34. The average Bonchev–Trinajstić information content (AvgIpc) is 2.75. The molecule has 1 saturated heterocycles. The first-order valence-electron chi connectivity index (χ1n) is 10.8. The van der Waals surface area contributed by atoms with Gasteiger partial charge in [-0.2, -0.15) is 0 Å². The molecule has 0 spiro atoms. The highest BCUT2D eigenvalue weighted by Crippen LogP contribution is 2.18. The number of guanidine groups is 1. The highest BCUT2D eigenvalue weighted by Gasteiger charge is 2.20. The van der Waals surface area contributed by atoms with Crippen molar-refractivity contribution in [3.8, 4) is 0 Å². The Morgan fingerprint density at radius 3 is 2.48 bits per heavy atom. The summed E-state index contributed by atoms with van der Waals surface area (Å²) >= 11 is 5.92. The summed E-state index contributed by atoms with van der Waals surface area (Å²) in [6.45, 7) is 8.48. The number of hydrogen-bond acceptors (Lipinski definition) is 3. The van der Waals surface area contributed by atoms with Gasteiger partial charge >= 0.3 is 0 Å². The molecule has 1 fully saturated rings. The number of hydrogen-bond donors (Lipinski definition) is 3. The molecule has 0 radical (unpaired) electrons. The van der Waals surface area contributed by atoms with E-state index >= 15 is 0 Å². The van der Waals surface area contributed by atoms with Gasteiger partial charge in [0.2, 0.25) is 0 Å². The van der Waals surface area contributed by atoms with Crippen LogP contribution in [0.5, 0.6) is 0 Å². The molecule has 1 aliphatic heterocycles. The van der Waals surface area contributed by atoms with Crippen molar-refractivity contribution < 1.29 is 5.11 Å². The first-order chi connectivity index (χ1) is 14.5. The van der Waals surface area contributed by atoms with Gasteiger partial charge in [-0.15, -0.1) is 24.0 Å². The average molecular weight is 557 g/mol. The van der Waals surface area contributed by atoms with Gasteiger partial charge in [0, 0.05) is 37.2 Å². The number of nitrogens with one attached hydrogen (secondary N) is 2. The van der Waals surface area contributed by atoms with Crippen molar-refractivity contribution in [3.63, 3.8) is 0 Å². The summed E-state index contributed by atoms with van der Waals surface area (Å²) in [5, 5.41) is 17.9. The van der Waals surface area contributed by atoms with E-state index in [4.69, 9.17) is 11.6 Å². The zero-order chi connectivity index (χ0) is 21.3. The fraction of sp³-hybridized carbons (Fsp3) is 0.458. The Morgan fingerprint density at radius 1 is 1.16 bits per heavy atom. The van der Waals surface area contributed by atoms with Gasteiger partial charge in [0.05, 0.1) is 12.6 Å². The number of aliphatic hydroxyl groups is 1. The smallest absolute Gasteiger partial charge is 0.191 e.